The fraction of sp³-hybridized carbons (Fsp3) is 0.647. The summed E-state index contributed by atoms with van der Waals surface area (Å²) >= 11 is 0. The van der Waals surface area contributed by atoms with Gasteiger partial charge in [-0.2, -0.15) is 0 Å². The molecule has 2 aliphatic heterocycles. The van der Waals surface area contributed by atoms with Crippen molar-refractivity contribution in [1.29, 1.82) is 0 Å². The fourth-order valence-corrected chi connectivity index (χ4v) is 3.57. The highest BCUT2D eigenvalue weighted by Gasteiger charge is 2.42. The maximum atomic E-state index is 12.0. The standard InChI is InChI=1S/C17H25N3O5/c1-11-6-12(4-5-24-11)7-20-9-17(23,10-20)8-19-16(22)14-3-2-13(25-14)15(18)21/h2-3,11-12,23H,4-10H2,1H3,(H2,18,21)(H,19,22). The highest BCUT2D eigenvalue weighted by atomic mass is 16.5. The molecule has 2 aliphatic rings. The molecule has 25 heavy (non-hydrogen) atoms. The Morgan fingerprint density at radius 2 is 2.12 bits per heavy atom. The maximum absolute atomic E-state index is 12.0. The van der Waals surface area contributed by atoms with Gasteiger partial charge in [0.25, 0.3) is 11.8 Å². The summed E-state index contributed by atoms with van der Waals surface area (Å²) in [6, 6.07) is 2.74. The third kappa shape index (κ3) is 4.39. The van der Waals surface area contributed by atoms with Crippen LogP contribution in [0.4, 0.5) is 0 Å². The van der Waals surface area contributed by atoms with Gasteiger partial charge < -0.3 is 25.3 Å². The van der Waals surface area contributed by atoms with E-state index >= 15 is 0 Å². The molecule has 2 fully saturated rings. The van der Waals surface area contributed by atoms with E-state index < -0.39 is 17.4 Å². The van der Waals surface area contributed by atoms with Gasteiger partial charge in [-0.15, -0.1) is 0 Å². The molecule has 0 radical (unpaired) electrons. The van der Waals surface area contributed by atoms with Crippen LogP contribution in [0.25, 0.3) is 0 Å². The highest BCUT2D eigenvalue weighted by molar-refractivity contribution is 5.95. The lowest BCUT2D eigenvalue weighted by Gasteiger charge is -2.48. The molecule has 4 N–H and O–H groups in total. The van der Waals surface area contributed by atoms with Gasteiger partial charge in [0.15, 0.2) is 11.5 Å². The first-order valence-corrected chi connectivity index (χ1v) is 8.59. The molecule has 0 spiro atoms. The lowest BCUT2D eigenvalue weighted by molar-refractivity contribution is -0.106. The number of ether oxygens (including phenoxy) is 1. The van der Waals surface area contributed by atoms with Crippen molar-refractivity contribution in [2.75, 3.05) is 32.8 Å². The predicted molar refractivity (Wildman–Crippen MR) is 89.1 cm³/mol. The first-order valence-electron chi connectivity index (χ1n) is 8.59. The molecular formula is C17H25N3O5. The van der Waals surface area contributed by atoms with Crippen molar-refractivity contribution in [1.82, 2.24) is 10.2 Å². The molecule has 8 heteroatoms. The van der Waals surface area contributed by atoms with Crippen molar-refractivity contribution < 1.29 is 23.8 Å². The number of hydrogen-bond acceptors (Lipinski definition) is 6. The van der Waals surface area contributed by atoms with Crippen LogP contribution in [0.1, 0.15) is 40.9 Å². The maximum Gasteiger partial charge on any atom is 0.287 e. The van der Waals surface area contributed by atoms with Crippen LogP contribution in [0.15, 0.2) is 16.5 Å². The van der Waals surface area contributed by atoms with E-state index in [1.165, 1.54) is 12.1 Å². The summed E-state index contributed by atoms with van der Waals surface area (Å²) in [7, 11) is 0. The molecule has 3 rings (SSSR count). The Labute approximate surface area is 146 Å². The van der Waals surface area contributed by atoms with Crippen molar-refractivity contribution >= 4 is 11.8 Å². The van der Waals surface area contributed by atoms with Gasteiger partial charge in [0, 0.05) is 32.8 Å². The molecule has 0 bridgehead atoms. The molecule has 1 aromatic heterocycles. The molecule has 1 aromatic rings. The van der Waals surface area contributed by atoms with Crippen LogP contribution in [-0.2, 0) is 4.74 Å². The number of nitrogens with zero attached hydrogens (tertiary/aromatic N) is 1. The largest absolute Gasteiger partial charge is 0.446 e. The van der Waals surface area contributed by atoms with Crippen LogP contribution in [0.5, 0.6) is 0 Å². The fourth-order valence-electron chi connectivity index (χ4n) is 3.57. The number of amides is 2. The normalized spacial score (nSPS) is 26.0. The summed E-state index contributed by atoms with van der Waals surface area (Å²) in [6.07, 6.45) is 2.40. The number of hydrogen-bond donors (Lipinski definition) is 3. The topological polar surface area (TPSA) is 118 Å². The Kier molecular flexibility index (Phi) is 5.12. The Balaban J connectivity index is 1.41. The Morgan fingerprint density at radius 3 is 2.76 bits per heavy atom. The number of nitrogens with one attached hydrogen (secondary N) is 1. The molecule has 2 amide bonds. The number of β-amino-alcohol motifs (C(OH)–C–C–N with tert-alkyl or cyclic N) is 1. The summed E-state index contributed by atoms with van der Waals surface area (Å²) in [5.41, 5.74) is 4.16. The van der Waals surface area contributed by atoms with E-state index in [0.29, 0.717) is 25.1 Å². The van der Waals surface area contributed by atoms with E-state index in [1.807, 2.05) is 0 Å². The van der Waals surface area contributed by atoms with Crippen LogP contribution in [0, 0.1) is 5.92 Å². The number of carbonyl (C=O) groups excluding carboxylic acids is 2. The first kappa shape index (κ1) is 17.9. The Hall–Kier alpha value is -1.90. The van der Waals surface area contributed by atoms with Crippen molar-refractivity contribution in [2.45, 2.75) is 31.5 Å². The number of rotatable bonds is 6. The van der Waals surface area contributed by atoms with Gasteiger partial charge in [0.05, 0.1) is 6.10 Å². The molecule has 2 saturated heterocycles. The zero-order chi connectivity index (χ0) is 18.0. The third-order valence-corrected chi connectivity index (χ3v) is 4.80. The zero-order valence-electron chi connectivity index (χ0n) is 14.4. The molecule has 8 nitrogen and oxygen atoms in total. The van der Waals surface area contributed by atoms with Crippen LogP contribution < -0.4 is 11.1 Å². The second kappa shape index (κ2) is 7.15. The number of aliphatic hydroxyl groups is 1. The monoisotopic (exact) mass is 351 g/mol. The van der Waals surface area contributed by atoms with E-state index in [4.69, 9.17) is 14.9 Å². The lowest BCUT2D eigenvalue weighted by atomic mass is 9.89. The van der Waals surface area contributed by atoms with E-state index in [-0.39, 0.29) is 18.1 Å². The second-order valence-electron chi connectivity index (χ2n) is 7.18. The molecule has 138 valence electrons. The molecule has 0 saturated carbocycles. The van der Waals surface area contributed by atoms with Gasteiger partial charge in [0.1, 0.15) is 5.60 Å². The zero-order valence-corrected chi connectivity index (χ0v) is 14.4. The first-order chi connectivity index (χ1) is 11.8. The van der Waals surface area contributed by atoms with Crippen molar-refractivity contribution in [3.8, 4) is 0 Å². The van der Waals surface area contributed by atoms with Gasteiger partial charge in [-0.25, -0.2) is 0 Å². The van der Waals surface area contributed by atoms with Gasteiger partial charge in [-0.05, 0) is 37.8 Å². The molecule has 3 heterocycles. The van der Waals surface area contributed by atoms with Crippen LogP contribution in [0.3, 0.4) is 0 Å². The summed E-state index contributed by atoms with van der Waals surface area (Å²) < 4.78 is 10.6. The SMILES string of the molecule is CC1CC(CN2CC(O)(CNC(=O)c3ccc(C(N)=O)o3)C2)CCO1. The van der Waals surface area contributed by atoms with Crippen molar-refractivity contribution in [3.63, 3.8) is 0 Å². The highest BCUT2D eigenvalue weighted by Crippen LogP contribution is 2.26. The minimum atomic E-state index is -0.925. The van der Waals surface area contributed by atoms with Crippen molar-refractivity contribution in [2.24, 2.45) is 11.7 Å². The van der Waals surface area contributed by atoms with Gasteiger partial charge in [0.2, 0.25) is 0 Å². The third-order valence-electron chi connectivity index (χ3n) is 4.80. The van der Waals surface area contributed by atoms with Crippen LogP contribution in [-0.4, -0.2) is 66.3 Å². The summed E-state index contributed by atoms with van der Waals surface area (Å²) in [4.78, 5) is 25.2. The number of likely N-dealkylation sites (tertiary alicyclic amines) is 1. The molecular weight excluding hydrogens is 326 g/mol. The smallest absolute Gasteiger partial charge is 0.287 e. The van der Waals surface area contributed by atoms with E-state index in [9.17, 15) is 14.7 Å². The number of furan rings is 1. The Morgan fingerprint density at radius 1 is 1.40 bits per heavy atom. The molecule has 0 aromatic carbocycles. The number of nitrogens with two attached hydrogens (primary N) is 1. The van der Waals surface area contributed by atoms with E-state index in [2.05, 4.69) is 17.1 Å². The Bertz CT molecular complexity index is 638. The molecule has 2 atom stereocenters. The quantitative estimate of drug-likeness (QED) is 0.662. The predicted octanol–water partition coefficient (Wildman–Crippen LogP) is -0.0299. The summed E-state index contributed by atoms with van der Waals surface area (Å²) in [5.74, 6) is -0.667. The minimum absolute atomic E-state index is 0.00442. The molecule has 2 unspecified atom stereocenters. The van der Waals surface area contributed by atoms with Crippen LogP contribution >= 0.6 is 0 Å². The number of primary amides is 1. The molecule has 0 aliphatic carbocycles. The average Bonchev–Trinajstić information content (AvgIpc) is 3.01. The second-order valence-corrected chi connectivity index (χ2v) is 7.18. The lowest BCUT2D eigenvalue weighted by Crippen LogP contribution is -2.66. The summed E-state index contributed by atoms with van der Waals surface area (Å²) in [6.45, 7) is 5.04. The van der Waals surface area contributed by atoms with E-state index in [0.717, 1.165) is 26.0 Å². The summed E-state index contributed by atoms with van der Waals surface area (Å²) in [5, 5.41) is 13.1. The van der Waals surface area contributed by atoms with Gasteiger partial charge >= 0.3 is 0 Å². The van der Waals surface area contributed by atoms with Crippen LogP contribution in [0.2, 0.25) is 0 Å². The van der Waals surface area contributed by atoms with Gasteiger partial charge in [-0.1, -0.05) is 0 Å². The average molecular weight is 351 g/mol. The van der Waals surface area contributed by atoms with E-state index in [1.54, 1.807) is 0 Å². The number of carbonyl (C=O) groups is 2. The minimum Gasteiger partial charge on any atom is -0.446 e. The van der Waals surface area contributed by atoms with Gasteiger partial charge in [-0.3, -0.25) is 14.5 Å². The van der Waals surface area contributed by atoms with Crippen molar-refractivity contribution in [3.05, 3.63) is 23.7 Å².